The zero-order chi connectivity index (χ0) is 7.78. The van der Waals surface area contributed by atoms with Crippen LogP contribution in [0.4, 0.5) is 0 Å². The Morgan fingerprint density at radius 3 is 1.90 bits per heavy atom. The lowest BCUT2D eigenvalue weighted by molar-refractivity contribution is 0.00551. The third-order valence-electron chi connectivity index (χ3n) is 3.02. The molecule has 10 heavy (non-hydrogen) atoms. The van der Waals surface area contributed by atoms with Crippen molar-refractivity contribution in [3.05, 3.63) is 0 Å². The Kier molecular flexibility index (Phi) is 2.04. The highest BCUT2D eigenvalue weighted by molar-refractivity contribution is 4.97. The molecule has 60 valence electrons. The Balaban J connectivity index is 2.48. The summed E-state index contributed by atoms with van der Waals surface area (Å²) in [5.41, 5.74) is -0.334. The molecule has 1 N–H and O–H groups in total. The molecule has 0 heterocycles. The van der Waals surface area contributed by atoms with Crippen LogP contribution >= 0.6 is 0 Å². The first kappa shape index (κ1) is 8.06. The summed E-state index contributed by atoms with van der Waals surface area (Å²) in [6, 6.07) is 0. The van der Waals surface area contributed by atoms with Crippen molar-refractivity contribution in [1.29, 1.82) is 0 Å². The summed E-state index contributed by atoms with van der Waals surface area (Å²) >= 11 is 0. The molecule has 1 aliphatic rings. The molecule has 0 aromatic carbocycles. The maximum atomic E-state index is 9.94. The molecule has 1 rings (SSSR count). The smallest absolute Gasteiger partial charge is 0.0673 e. The molecule has 0 bridgehead atoms. The second-order valence-corrected chi connectivity index (χ2v) is 3.63. The van der Waals surface area contributed by atoms with Crippen molar-refractivity contribution < 1.29 is 5.11 Å². The van der Waals surface area contributed by atoms with Crippen LogP contribution in [-0.2, 0) is 0 Å². The summed E-state index contributed by atoms with van der Waals surface area (Å²) in [5.74, 6) is 1.37. The van der Waals surface area contributed by atoms with Crippen molar-refractivity contribution >= 4 is 0 Å². The maximum absolute atomic E-state index is 9.94. The van der Waals surface area contributed by atoms with Crippen LogP contribution in [-0.4, -0.2) is 10.7 Å². The van der Waals surface area contributed by atoms with E-state index >= 15 is 0 Å². The molecule has 1 saturated carbocycles. The van der Waals surface area contributed by atoms with E-state index in [9.17, 15) is 5.11 Å². The highest BCUT2D eigenvalue weighted by atomic mass is 16.3. The van der Waals surface area contributed by atoms with Gasteiger partial charge in [-0.25, -0.2) is 0 Å². The average Bonchev–Trinajstić information content (AvgIpc) is 2.66. The number of rotatable bonds is 3. The van der Waals surface area contributed by atoms with Gasteiger partial charge in [0.15, 0.2) is 0 Å². The lowest BCUT2D eigenvalue weighted by atomic mass is 9.91. The Bertz CT molecular complexity index is 116. The van der Waals surface area contributed by atoms with Crippen molar-refractivity contribution in [2.24, 2.45) is 11.8 Å². The third-order valence-corrected chi connectivity index (χ3v) is 3.02. The van der Waals surface area contributed by atoms with Crippen LogP contribution in [0, 0.1) is 11.8 Å². The van der Waals surface area contributed by atoms with Crippen LogP contribution in [0.1, 0.15) is 40.0 Å². The molecule has 0 aliphatic heterocycles. The Hall–Kier alpha value is -0.0400. The fraction of sp³-hybridized carbons (Fsp3) is 1.00. The number of hydrogen-bond donors (Lipinski definition) is 1. The van der Waals surface area contributed by atoms with Gasteiger partial charge >= 0.3 is 0 Å². The summed E-state index contributed by atoms with van der Waals surface area (Å²) < 4.78 is 0. The molecule has 2 atom stereocenters. The normalized spacial score (nSPS) is 32.4. The van der Waals surface area contributed by atoms with Crippen molar-refractivity contribution in [3.8, 4) is 0 Å². The van der Waals surface area contributed by atoms with Gasteiger partial charge in [0.25, 0.3) is 0 Å². The van der Waals surface area contributed by atoms with E-state index in [1.165, 1.54) is 6.42 Å². The zero-order valence-corrected chi connectivity index (χ0v) is 7.22. The van der Waals surface area contributed by atoms with Gasteiger partial charge in [-0.1, -0.05) is 20.8 Å². The van der Waals surface area contributed by atoms with Crippen LogP contribution in [0.15, 0.2) is 0 Å². The van der Waals surface area contributed by atoms with Gasteiger partial charge in [-0.3, -0.25) is 0 Å². The average molecular weight is 142 g/mol. The van der Waals surface area contributed by atoms with Crippen molar-refractivity contribution in [3.63, 3.8) is 0 Å². The van der Waals surface area contributed by atoms with Gasteiger partial charge in [0, 0.05) is 0 Å². The molecule has 0 aromatic rings. The highest BCUT2D eigenvalue weighted by Crippen LogP contribution is 2.48. The highest BCUT2D eigenvalue weighted by Gasteiger charge is 2.46. The summed E-state index contributed by atoms with van der Waals surface area (Å²) in [4.78, 5) is 0. The largest absolute Gasteiger partial charge is 0.390 e. The first-order valence-electron chi connectivity index (χ1n) is 4.36. The molecule has 1 aliphatic carbocycles. The molecular formula is C9H18O. The van der Waals surface area contributed by atoms with Crippen LogP contribution in [0.3, 0.4) is 0 Å². The van der Waals surface area contributed by atoms with Crippen LogP contribution < -0.4 is 0 Å². The van der Waals surface area contributed by atoms with Crippen LogP contribution in [0.2, 0.25) is 0 Å². The van der Waals surface area contributed by atoms with E-state index in [1.807, 2.05) is 0 Å². The zero-order valence-electron chi connectivity index (χ0n) is 7.22. The molecule has 1 nitrogen and oxygen atoms in total. The van der Waals surface area contributed by atoms with Gasteiger partial charge in [-0.15, -0.1) is 0 Å². The fourth-order valence-corrected chi connectivity index (χ4v) is 1.85. The first-order valence-corrected chi connectivity index (χ1v) is 4.36. The molecule has 0 spiro atoms. The van der Waals surface area contributed by atoms with Crippen molar-refractivity contribution in [2.75, 3.05) is 0 Å². The van der Waals surface area contributed by atoms with Gasteiger partial charge in [-0.05, 0) is 31.1 Å². The molecule has 1 fully saturated rings. The van der Waals surface area contributed by atoms with E-state index < -0.39 is 0 Å². The Morgan fingerprint density at radius 2 is 1.80 bits per heavy atom. The molecule has 1 heteroatoms. The van der Waals surface area contributed by atoms with Gasteiger partial charge in [0.1, 0.15) is 0 Å². The third kappa shape index (κ3) is 1.20. The fourth-order valence-electron chi connectivity index (χ4n) is 1.85. The van der Waals surface area contributed by atoms with E-state index in [1.54, 1.807) is 0 Å². The molecule has 0 saturated heterocycles. The maximum Gasteiger partial charge on any atom is 0.0673 e. The van der Waals surface area contributed by atoms with E-state index in [-0.39, 0.29) is 5.60 Å². The number of hydrogen-bond acceptors (Lipinski definition) is 1. The minimum Gasteiger partial charge on any atom is -0.390 e. The standard InChI is InChI=1S/C9H18O/c1-4-9(10,5-2)8-6-7(8)3/h7-8,10H,4-6H2,1-3H3. The topological polar surface area (TPSA) is 20.2 Å². The predicted octanol–water partition coefficient (Wildman–Crippen LogP) is 2.19. The monoisotopic (exact) mass is 142 g/mol. The van der Waals surface area contributed by atoms with E-state index in [4.69, 9.17) is 0 Å². The SMILES string of the molecule is CCC(O)(CC)C1CC1C. The Morgan fingerprint density at radius 1 is 1.40 bits per heavy atom. The minimum absolute atomic E-state index is 0.334. The lowest BCUT2D eigenvalue weighted by Crippen LogP contribution is -2.29. The van der Waals surface area contributed by atoms with Crippen molar-refractivity contribution in [1.82, 2.24) is 0 Å². The summed E-state index contributed by atoms with van der Waals surface area (Å²) in [6.07, 6.45) is 3.06. The lowest BCUT2D eigenvalue weighted by Gasteiger charge is -2.25. The van der Waals surface area contributed by atoms with Gasteiger partial charge in [0.2, 0.25) is 0 Å². The second-order valence-electron chi connectivity index (χ2n) is 3.63. The van der Waals surface area contributed by atoms with E-state index in [2.05, 4.69) is 20.8 Å². The van der Waals surface area contributed by atoms with E-state index in [0.29, 0.717) is 5.92 Å². The number of aliphatic hydroxyl groups is 1. The van der Waals surface area contributed by atoms with Gasteiger partial charge < -0.3 is 5.11 Å². The van der Waals surface area contributed by atoms with Crippen LogP contribution in [0.5, 0.6) is 0 Å². The summed E-state index contributed by atoms with van der Waals surface area (Å²) in [6.45, 7) is 6.38. The Labute approximate surface area is 63.4 Å². The van der Waals surface area contributed by atoms with Gasteiger partial charge in [-0.2, -0.15) is 0 Å². The molecule has 2 unspecified atom stereocenters. The second kappa shape index (κ2) is 2.54. The predicted molar refractivity (Wildman–Crippen MR) is 42.8 cm³/mol. The van der Waals surface area contributed by atoms with Crippen molar-refractivity contribution in [2.45, 2.75) is 45.6 Å². The van der Waals surface area contributed by atoms with Gasteiger partial charge in [0.05, 0.1) is 5.60 Å². The molecule has 0 aromatic heterocycles. The quantitative estimate of drug-likeness (QED) is 0.640. The molecule has 0 radical (unpaired) electrons. The van der Waals surface area contributed by atoms with E-state index in [0.717, 1.165) is 18.8 Å². The summed E-state index contributed by atoms with van der Waals surface area (Å²) in [5, 5.41) is 9.94. The first-order chi connectivity index (χ1) is 4.64. The summed E-state index contributed by atoms with van der Waals surface area (Å²) in [7, 11) is 0. The minimum atomic E-state index is -0.334. The molecular weight excluding hydrogens is 124 g/mol. The van der Waals surface area contributed by atoms with Crippen LogP contribution in [0.25, 0.3) is 0 Å². The molecule has 0 amide bonds.